The van der Waals surface area contributed by atoms with Gasteiger partial charge in [0.2, 0.25) is 0 Å². The fourth-order valence-electron chi connectivity index (χ4n) is 1.33. The molecule has 1 aliphatic heterocycles. The van der Waals surface area contributed by atoms with Crippen molar-refractivity contribution in [3.63, 3.8) is 0 Å². The van der Waals surface area contributed by atoms with E-state index in [2.05, 4.69) is 15.9 Å². The predicted octanol–water partition coefficient (Wildman–Crippen LogP) is 2.16. The molecule has 1 aliphatic rings. The lowest BCUT2D eigenvalue weighted by molar-refractivity contribution is 0.0480. The van der Waals surface area contributed by atoms with E-state index in [1.54, 1.807) is 6.07 Å². The molecular formula is C9H7BrO2. The van der Waals surface area contributed by atoms with Crippen LogP contribution >= 0.6 is 15.9 Å². The molecule has 0 unspecified atom stereocenters. The third kappa shape index (κ3) is 1.14. The zero-order valence-corrected chi connectivity index (χ0v) is 7.93. The molecule has 62 valence electrons. The van der Waals surface area contributed by atoms with Crippen LogP contribution in [0, 0.1) is 0 Å². The fourth-order valence-corrected chi connectivity index (χ4v) is 1.89. The topological polar surface area (TPSA) is 26.3 Å². The number of hydrogen-bond donors (Lipinski definition) is 0. The molecule has 1 heterocycles. The van der Waals surface area contributed by atoms with Crippen molar-refractivity contribution < 1.29 is 9.53 Å². The molecule has 1 aromatic carbocycles. The van der Waals surface area contributed by atoms with Crippen molar-refractivity contribution in [2.24, 2.45) is 0 Å². The van der Waals surface area contributed by atoms with Crippen LogP contribution in [-0.4, -0.2) is 12.6 Å². The number of rotatable bonds is 0. The quantitative estimate of drug-likeness (QED) is 0.635. The van der Waals surface area contributed by atoms with Crippen molar-refractivity contribution in [2.45, 2.75) is 6.42 Å². The number of halogens is 1. The summed E-state index contributed by atoms with van der Waals surface area (Å²) in [5.74, 6) is -0.211. The Balaban J connectivity index is 2.59. The van der Waals surface area contributed by atoms with Crippen molar-refractivity contribution in [3.05, 3.63) is 33.8 Å². The van der Waals surface area contributed by atoms with E-state index in [4.69, 9.17) is 4.74 Å². The Bertz CT molecular complexity index is 333. The number of carbonyl (C=O) groups excluding carboxylic acids is 1. The van der Waals surface area contributed by atoms with Crippen molar-refractivity contribution in [3.8, 4) is 0 Å². The summed E-state index contributed by atoms with van der Waals surface area (Å²) in [7, 11) is 0. The smallest absolute Gasteiger partial charge is 0.338 e. The summed E-state index contributed by atoms with van der Waals surface area (Å²) in [6.07, 6.45) is 0.808. The van der Waals surface area contributed by atoms with Gasteiger partial charge in [0.25, 0.3) is 0 Å². The molecule has 0 aliphatic carbocycles. The van der Waals surface area contributed by atoms with E-state index in [1.165, 1.54) is 0 Å². The second-order valence-corrected chi connectivity index (χ2v) is 3.51. The van der Waals surface area contributed by atoms with Crippen LogP contribution in [0.2, 0.25) is 0 Å². The van der Waals surface area contributed by atoms with Crippen LogP contribution < -0.4 is 0 Å². The van der Waals surface area contributed by atoms with Gasteiger partial charge in [0.05, 0.1) is 12.2 Å². The van der Waals surface area contributed by atoms with Gasteiger partial charge < -0.3 is 4.74 Å². The molecule has 0 saturated carbocycles. The molecule has 0 bridgehead atoms. The van der Waals surface area contributed by atoms with Crippen LogP contribution in [-0.2, 0) is 11.2 Å². The number of hydrogen-bond acceptors (Lipinski definition) is 2. The normalized spacial score (nSPS) is 15.2. The first-order valence-electron chi connectivity index (χ1n) is 3.73. The summed E-state index contributed by atoms with van der Waals surface area (Å²) in [6, 6.07) is 5.58. The van der Waals surface area contributed by atoms with Crippen LogP contribution in [0.15, 0.2) is 22.7 Å². The molecule has 0 amide bonds. The zero-order valence-electron chi connectivity index (χ0n) is 6.34. The fraction of sp³-hybridized carbons (Fsp3) is 0.222. The summed E-state index contributed by atoms with van der Waals surface area (Å²) in [6.45, 7) is 0.494. The second kappa shape index (κ2) is 2.90. The highest BCUT2D eigenvalue weighted by Crippen LogP contribution is 2.24. The molecule has 0 spiro atoms. The SMILES string of the molecule is O=C1OCCc2c(Br)cccc21. The van der Waals surface area contributed by atoms with Gasteiger partial charge in [-0.25, -0.2) is 4.79 Å². The summed E-state index contributed by atoms with van der Waals surface area (Å²) >= 11 is 3.40. The third-order valence-corrected chi connectivity index (χ3v) is 2.67. The van der Waals surface area contributed by atoms with Gasteiger partial charge in [0.15, 0.2) is 0 Å². The van der Waals surface area contributed by atoms with Gasteiger partial charge in [-0.3, -0.25) is 0 Å². The molecule has 3 heteroatoms. The molecule has 2 nitrogen and oxygen atoms in total. The Morgan fingerprint density at radius 1 is 1.42 bits per heavy atom. The van der Waals surface area contributed by atoms with Gasteiger partial charge in [0, 0.05) is 10.9 Å². The van der Waals surface area contributed by atoms with E-state index >= 15 is 0 Å². The molecule has 1 aromatic rings. The van der Waals surface area contributed by atoms with E-state index < -0.39 is 0 Å². The Morgan fingerprint density at radius 3 is 3.00 bits per heavy atom. The number of cyclic esters (lactones) is 1. The summed E-state index contributed by atoms with van der Waals surface area (Å²) in [4.78, 5) is 11.2. The number of fused-ring (bicyclic) bond motifs is 1. The Morgan fingerprint density at radius 2 is 2.25 bits per heavy atom. The van der Waals surface area contributed by atoms with Crippen LogP contribution in [0.1, 0.15) is 15.9 Å². The minimum Gasteiger partial charge on any atom is -0.462 e. The van der Waals surface area contributed by atoms with E-state index in [-0.39, 0.29) is 5.97 Å². The molecular weight excluding hydrogens is 220 g/mol. The first-order chi connectivity index (χ1) is 5.79. The minimum absolute atomic E-state index is 0.211. The van der Waals surface area contributed by atoms with Gasteiger partial charge in [-0.15, -0.1) is 0 Å². The highest BCUT2D eigenvalue weighted by Gasteiger charge is 2.19. The van der Waals surface area contributed by atoms with Gasteiger partial charge in [-0.2, -0.15) is 0 Å². The van der Waals surface area contributed by atoms with Gasteiger partial charge in [-0.1, -0.05) is 22.0 Å². The molecule has 0 N–H and O–H groups in total. The standard InChI is InChI=1S/C9H7BrO2/c10-8-3-1-2-7-6(8)4-5-12-9(7)11/h1-3H,4-5H2. The van der Waals surface area contributed by atoms with Crippen LogP contribution in [0.3, 0.4) is 0 Å². The number of esters is 1. The largest absolute Gasteiger partial charge is 0.462 e. The van der Waals surface area contributed by atoms with Gasteiger partial charge in [0.1, 0.15) is 0 Å². The van der Waals surface area contributed by atoms with Crippen LogP contribution in [0.5, 0.6) is 0 Å². The second-order valence-electron chi connectivity index (χ2n) is 2.65. The maximum atomic E-state index is 11.2. The van der Waals surface area contributed by atoms with Crippen molar-refractivity contribution in [2.75, 3.05) is 6.61 Å². The van der Waals surface area contributed by atoms with Crippen molar-refractivity contribution in [1.82, 2.24) is 0 Å². The molecule has 0 atom stereocenters. The lowest BCUT2D eigenvalue weighted by Gasteiger charge is -2.16. The zero-order chi connectivity index (χ0) is 8.55. The highest BCUT2D eigenvalue weighted by molar-refractivity contribution is 9.10. The maximum Gasteiger partial charge on any atom is 0.338 e. The molecule has 2 rings (SSSR count). The highest BCUT2D eigenvalue weighted by atomic mass is 79.9. The number of benzene rings is 1. The van der Waals surface area contributed by atoms with Crippen molar-refractivity contribution in [1.29, 1.82) is 0 Å². The summed E-state index contributed by atoms with van der Waals surface area (Å²) < 4.78 is 5.90. The van der Waals surface area contributed by atoms with Crippen LogP contribution in [0.25, 0.3) is 0 Å². The van der Waals surface area contributed by atoms with E-state index in [9.17, 15) is 4.79 Å². The van der Waals surface area contributed by atoms with E-state index in [1.807, 2.05) is 12.1 Å². The first-order valence-corrected chi connectivity index (χ1v) is 4.53. The average Bonchev–Trinajstić information content (AvgIpc) is 2.07. The maximum absolute atomic E-state index is 11.2. The molecule has 0 saturated heterocycles. The monoisotopic (exact) mass is 226 g/mol. The Labute approximate surface area is 78.7 Å². The summed E-state index contributed by atoms with van der Waals surface area (Å²) in [5.41, 5.74) is 1.75. The lowest BCUT2D eigenvalue weighted by atomic mass is 10.0. The van der Waals surface area contributed by atoms with Crippen molar-refractivity contribution >= 4 is 21.9 Å². The molecule has 0 aromatic heterocycles. The predicted molar refractivity (Wildman–Crippen MR) is 48.1 cm³/mol. The minimum atomic E-state index is -0.211. The number of carbonyl (C=O) groups is 1. The average molecular weight is 227 g/mol. The Kier molecular flexibility index (Phi) is 1.89. The first kappa shape index (κ1) is 7.80. The molecule has 0 radical (unpaired) electrons. The van der Waals surface area contributed by atoms with E-state index in [0.29, 0.717) is 12.2 Å². The molecule has 0 fully saturated rings. The third-order valence-electron chi connectivity index (χ3n) is 1.92. The van der Waals surface area contributed by atoms with Gasteiger partial charge >= 0.3 is 5.97 Å². The van der Waals surface area contributed by atoms with E-state index in [0.717, 1.165) is 16.5 Å². The summed E-state index contributed by atoms with van der Waals surface area (Å²) in [5, 5.41) is 0. The van der Waals surface area contributed by atoms with Gasteiger partial charge in [-0.05, 0) is 17.7 Å². The Hall–Kier alpha value is -0.830. The van der Waals surface area contributed by atoms with Crippen LogP contribution in [0.4, 0.5) is 0 Å². The lowest BCUT2D eigenvalue weighted by Crippen LogP contribution is -2.17. The molecule has 12 heavy (non-hydrogen) atoms. The number of ether oxygens (including phenoxy) is 1.